The molecule has 0 saturated heterocycles. The molecule has 0 aliphatic rings. The molecule has 4 heteroatoms. The Morgan fingerprint density at radius 2 is 2.24 bits per heavy atom. The van der Waals surface area contributed by atoms with Crippen molar-refractivity contribution >= 4 is 5.82 Å². The van der Waals surface area contributed by atoms with Gasteiger partial charge in [0, 0.05) is 11.9 Å². The summed E-state index contributed by atoms with van der Waals surface area (Å²) in [5.41, 5.74) is 8.82. The summed E-state index contributed by atoms with van der Waals surface area (Å²) in [6, 6.07) is 5.82. The third-order valence-corrected chi connectivity index (χ3v) is 3.04. The first-order chi connectivity index (χ1) is 8.22. The first-order valence-electron chi connectivity index (χ1n) is 5.96. The second-order valence-corrected chi connectivity index (χ2v) is 4.39. The predicted molar refractivity (Wildman–Crippen MR) is 69.4 cm³/mol. The zero-order valence-corrected chi connectivity index (χ0v) is 10.3. The van der Waals surface area contributed by atoms with E-state index in [9.17, 15) is 0 Å². The number of anilines is 1. The van der Waals surface area contributed by atoms with Crippen LogP contribution in [0.3, 0.4) is 0 Å². The molecule has 1 atom stereocenters. The van der Waals surface area contributed by atoms with Gasteiger partial charge in [-0.2, -0.15) is 5.10 Å². The van der Waals surface area contributed by atoms with Crippen LogP contribution in [0.1, 0.15) is 26.0 Å². The number of nitrogens with zero attached hydrogens (tertiary/aromatic N) is 2. The van der Waals surface area contributed by atoms with E-state index in [0.29, 0.717) is 11.7 Å². The largest absolute Gasteiger partial charge is 0.382 e. The maximum Gasteiger partial charge on any atom is 0.154 e. The molecule has 0 aromatic carbocycles. The number of hydrogen-bond acceptors (Lipinski definition) is 3. The van der Waals surface area contributed by atoms with E-state index in [1.165, 1.54) is 0 Å². The lowest BCUT2D eigenvalue weighted by atomic mass is 9.99. The van der Waals surface area contributed by atoms with Crippen molar-refractivity contribution in [2.24, 2.45) is 5.92 Å². The standard InChI is InChI=1S/C13H18N4/c1-3-9(2)8-11-12(13(14)17-16-11)10-6-4-5-7-15-10/h4-7,9H,3,8H2,1-2H3,(H3,14,16,17). The molecule has 0 fully saturated rings. The van der Waals surface area contributed by atoms with Gasteiger partial charge in [0.2, 0.25) is 0 Å². The highest BCUT2D eigenvalue weighted by molar-refractivity contribution is 5.73. The average Bonchev–Trinajstić information content (AvgIpc) is 2.71. The van der Waals surface area contributed by atoms with E-state index in [-0.39, 0.29) is 0 Å². The van der Waals surface area contributed by atoms with Gasteiger partial charge in [-0.25, -0.2) is 0 Å². The molecule has 2 rings (SSSR count). The van der Waals surface area contributed by atoms with Crippen LogP contribution < -0.4 is 5.73 Å². The second-order valence-electron chi connectivity index (χ2n) is 4.39. The van der Waals surface area contributed by atoms with Gasteiger partial charge in [0.15, 0.2) is 5.82 Å². The van der Waals surface area contributed by atoms with Crippen LogP contribution in [0.4, 0.5) is 5.82 Å². The fourth-order valence-electron chi connectivity index (χ4n) is 1.83. The highest BCUT2D eigenvalue weighted by Gasteiger charge is 2.15. The number of nitrogens with one attached hydrogen (secondary N) is 1. The summed E-state index contributed by atoms with van der Waals surface area (Å²) in [6.45, 7) is 4.41. The summed E-state index contributed by atoms with van der Waals surface area (Å²) in [6.07, 6.45) is 3.86. The molecule has 1 unspecified atom stereocenters. The van der Waals surface area contributed by atoms with Crippen LogP contribution in [0.5, 0.6) is 0 Å². The molecule has 4 nitrogen and oxygen atoms in total. The Labute approximate surface area is 101 Å². The SMILES string of the molecule is CCC(C)Cc1[nH]nc(N)c1-c1ccccn1. The minimum Gasteiger partial charge on any atom is -0.382 e. The fourth-order valence-corrected chi connectivity index (χ4v) is 1.83. The third kappa shape index (κ3) is 2.46. The van der Waals surface area contributed by atoms with Crippen molar-refractivity contribution in [2.45, 2.75) is 26.7 Å². The van der Waals surface area contributed by atoms with Crippen LogP contribution in [0, 0.1) is 5.92 Å². The van der Waals surface area contributed by atoms with Crippen LogP contribution in [0.15, 0.2) is 24.4 Å². The number of rotatable bonds is 4. The summed E-state index contributed by atoms with van der Waals surface area (Å²) in [5.74, 6) is 1.14. The van der Waals surface area contributed by atoms with Crippen LogP contribution in [0.2, 0.25) is 0 Å². The first-order valence-corrected chi connectivity index (χ1v) is 5.96. The van der Waals surface area contributed by atoms with Gasteiger partial charge < -0.3 is 5.73 Å². The van der Waals surface area contributed by atoms with Crippen molar-refractivity contribution in [3.05, 3.63) is 30.1 Å². The van der Waals surface area contributed by atoms with Gasteiger partial charge in [-0.3, -0.25) is 10.1 Å². The molecular weight excluding hydrogens is 212 g/mol. The fraction of sp³-hybridized carbons (Fsp3) is 0.385. The van der Waals surface area contributed by atoms with E-state index in [1.807, 2.05) is 18.2 Å². The number of H-pyrrole nitrogens is 1. The molecule has 90 valence electrons. The Morgan fingerprint density at radius 3 is 2.88 bits per heavy atom. The van der Waals surface area contributed by atoms with Crippen molar-refractivity contribution in [2.75, 3.05) is 5.73 Å². The first kappa shape index (κ1) is 11.6. The van der Waals surface area contributed by atoms with Crippen LogP contribution >= 0.6 is 0 Å². The number of aromatic amines is 1. The molecular formula is C13H18N4. The lowest BCUT2D eigenvalue weighted by Gasteiger charge is -2.08. The molecule has 0 spiro atoms. The van der Waals surface area contributed by atoms with Crippen molar-refractivity contribution in [1.29, 1.82) is 0 Å². The van der Waals surface area contributed by atoms with E-state index in [4.69, 9.17) is 5.73 Å². The van der Waals surface area contributed by atoms with E-state index >= 15 is 0 Å². The minimum atomic E-state index is 0.530. The minimum absolute atomic E-state index is 0.530. The van der Waals surface area contributed by atoms with E-state index in [2.05, 4.69) is 29.0 Å². The van der Waals surface area contributed by atoms with Crippen molar-refractivity contribution in [3.63, 3.8) is 0 Å². The molecule has 2 aromatic rings. The summed E-state index contributed by atoms with van der Waals surface area (Å²) in [7, 11) is 0. The maximum atomic E-state index is 5.91. The molecule has 2 aromatic heterocycles. The van der Waals surface area contributed by atoms with Gasteiger partial charge in [0.25, 0.3) is 0 Å². The normalized spacial score (nSPS) is 12.6. The zero-order chi connectivity index (χ0) is 12.3. The van der Waals surface area contributed by atoms with Crippen LogP contribution in [-0.2, 0) is 6.42 Å². The van der Waals surface area contributed by atoms with E-state index in [1.54, 1.807) is 6.20 Å². The molecule has 0 aliphatic carbocycles. The quantitative estimate of drug-likeness (QED) is 0.848. The summed E-state index contributed by atoms with van der Waals surface area (Å²) >= 11 is 0. The second kappa shape index (κ2) is 4.99. The highest BCUT2D eigenvalue weighted by Crippen LogP contribution is 2.27. The summed E-state index contributed by atoms with van der Waals surface area (Å²) in [4.78, 5) is 4.34. The number of pyridine rings is 1. The molecule has 3 N–H and O–H groups in total. The van der Waals surface area contributed by atoms with Gasteiger partial charge in [-0.15, -0.1) is 0 Å². The lowest BCUT2D eigenvalue weighted by Crippen LogP contribution is -2.00. The molecule has 0 bridgehead atoms. The summed E-state index contributed by atoms with van der Waals surface area (Å²) in [5, 5.41) is 7.12. The Balaban J connectivity index is 2.36. The molecule has 0 radical (unpaired) electrons. The number of nitrogen functional groups attached to an aromatic ring is 1. The smallest absolute Gasteiger partial charge is 0.154 e. The van der Waals surface area contributed by atoms with Crippen molar-refractivity contribution in [3.8, 4) is 11.3 Å². The number of nitrogens with two attached hydrogens (primary N) is 1. The Morgan fingerprint density at radius 1 is 1.41 bits per heavy atom. The number of hydrogen-bond donors (Lipinski definition) is 2. The predicted octanol–water partition coefficient (Wildman–Crippen LogP) is 2.64. The van der Waals surface area contributed by atoms with Gasteiger partial charge >= 0.3 is 0 Å². The molecule has 2 heterocycles. The third-order valence-electron chi connectivity index (χ3n) is 3.04. The van der Waals surface area contributed by atoms with Crippen molar-refractivity contribution in [1.82, 2.24) is 15.2 Å². The molecule has 0 saturated carbocycles. The van der Waals surface area contributed by atoms with Gasteiger partial charge in [0.1, 0.15) is 0 Å². The van der Waals surface area contributed by atoms with E-state index < -0.39 is 0 Å². The van der Waals surface area contributed by atoms with Gasteiger partial charge in [-0.1, -0.05) is 26.3 Å². The summed E-state index contributed by atoms with van der Waals surface area (Å²) < 4.78 is 0. The Hall–Kier alpha value is -1.84. The number of aromatic nitrogens is 3. The topological polar surface area (TPSA) is 67.6 Å². The van der Waals surface area contributed by atoms with Crippen molar-refractivity contribution < 1.29 is 0 Å². The maximum absolute atomic E-state index is 5.91. The van der Waals surface area contributed by atoms with E-state index in [0.717, 1.165) is 29.8 Å². The molecule has 0 aliphatic heterocycles. The lowest BCUT2D eigenvalue weighted by molar-refractivity contribution is 0.552. The zero-order valence-electron chi connectivity index (χ0n) is 10.3. The Kier molecular flexibility index (Phi) is 3.42. The monoisotopic (exact) mass is 230 g/mol. The van der Waals surface area contributed by atoms with Gasteiger partial charge in [-0.05, 0) is 24.5 Å². The Bertz CT molecular complexity index is 475. The average molecular weight is 230 g/mol. The molecule has 0 amide bonds. The molecule has 17 heavy (non-hydrogen) atoms. The highest BCUT2D eigenvalue weighted by atomic mass is 15.2. The van der Waals surface area contributed by atoms with Gasteiger partial charge in [0.05, 0.1) is 11.3 Å². The van der Waals surface area contributed by atoms with Crippen LogP contribution in [0.25, 0.3) is 11.3 Å². The van der Waals surface area contributed by atoms with Crippen LogP contribution in [-0.4, -0.2) is 15.2 Å².